The number of halogens is 1. The number of ether oxygens (including phenoxy) is 1. The van der Waals surface area contributed by atoms with Crippen LogP contribution in [0.3, 0.4) is 0 Å². The Hall–Kier alpha value is -2.79. The second-order valence-corrected chi connectivity index (χ2v) is 7.38. The molecule has 0 saturated heterocycles. The van der Waals surface area contributed by atoms with Gasteiger partial charge in [-0.25, -0.2) is 0 Å². The summed E-state index contributed by atoms with van der Waals surface area (Å²) in [6.45, 7) is 0.707. The number of rotatable bonds is 6. The van der Waals surface area contributed by atoms with E-state index in [9.17, 15) is 4.79 Å². The topological polar surface area (TPSA) is 56.1 Å². The van der Waals surface area contributed by atoms with Gasteiger partial charge in [0.25, 0.3) is 5.91 Å². The van der Waals surface area contributed by atoms with E-state index in [4.69, 9.17) is 16.3 Å². The molecule has 1 atom stereocenters. The van der Waals surface area contributed by atoms with Gasteiger partial charge in [-0.2, -0.15) is 5.10 Å². The smallest absolute Gasteiger partial charge is 0.258 e. The van der Waals surface area contributed by atoms with Crippen LogP contribution in [-0.4, -0.2) is 22.3 Å². The number of benzene rings is 2. The number of nitrogens with one attached hydrogen (secondary N) is 1. The first-order chi connectivity index (χ1) is 13.7. The van der Waals surface area contributed by atoms with Gasteiger partial charge >= 0.3 is 0 Å². The maximum absolute atomic E-state index is 12.4. The summed E-state index contributed by atoms with van der Waals surface area (Å²) in [7, 11) is 0. The molecule has 1 amide bonds. The summed E-state index contributed by atoms with van der Waals surface area (Å²) in [6.07, 6.45) is 4.80. The lowest BCUT2D eigenvalue weighted by Crippen LogP contribution is -2.34. The van der Waals surface area contributed by atoms with E-state index in [1.54, 1.807) is 24.3 Å². The molecule has 28 heavy (non-hydrogen) atoms. The summed E-state index contributed by atoms with van der Waals surface area (Å²) in [6, 6.07) is 17.3. The molecule has 0 radical (unpaired) electrons. The lowest BCUT2D eigenvalue weighted by Gasteiger charge is -2.24. The number of hydrogen-bond acceptors (Lipinski definition) is 3. The molecule has 1 aliphatic carbocycles. The molecule has 6 heteroatoms. The van der Waals surface area contributed by atoms with Crippen molar-refractivity contribution in [3.8, 4) is 5.75 Å². The molecule has 5 nitrogen and oxygen atoms in total. The SMILES string of the molecule is O=C(COc1cccc(Cl)c1)NC1CCCc2c1cnn2Cc1ccccc1. The van der Waals surface area contributed by atoms with Crippen LogP contribution in [0.4, 0.5) is 0 Å². The summed E-state index contributed by atoms with van der Waals surface area (Å²) in [5, 5.41) is 8.24. The lowest BCUT2D eigenvalue weighted by atomic mass is 9.93. The zero-order valence-electron chi connectivity index (χ0n) is 15.5. The van der Waals surface area contributed by atoms with Crippen molar-refractivity contribution in [2.45, 2.75) is 31.8 Å². The Bertz CT molecular complexity index is 955. The maximum atomic E-state index is 12.4. The highest BCUT2D eigenvalue weighted by Crippen LogP contribution is 2.30. The Balaban J connectivity index is 1.40. The van der Waals surface area contributed by atoms with Gasteiger partial charge in [-0.15, -0.1) is 0 Å². The molecule has 1 N–H and O–H groups in total. The van der Waals surface area contributed by atoms with Crippen molar-refractivity contribution in [1.29, 1.82) is 0 Å². The molecule has 4 rings (SSSR count). The maximum Gasteiger partial charge on any atom is 0.258 e. The first-order valence-electron chi connectivity index (χ1n) is 9.45. The number of carbonyl (C=O) groups is 1. The van der Waals surface area contributed by atoms with E-state index >= 15 is 0 Å². The molecule has 1 heterocycles. The first kappa shape index (κ1) is 18.6. The van der Waals surface area contributed by atoms with Crippen LogP contribution < -0.4 is 10.1 Å². The number of nitrogens with zero attached hydrogens (tertiary/aromatic N) is 2. The van der Waals surface area contributed by atoms with Crippen molar-refractivity contribution >= 4 is 17.5 Å². The van der Waals surface area contributed by atoms with Crippen molar-refractivity contribution in [2.24, 2.45) is 0 Å². The molecule has 0 bridgehead atoms. The van der Waals surface area contributed by atoms with Gasteiger partial charge < -0.3 is 10.1 Å². The van der Waals surface area contributed by atoms with Crippen LogP contribution in [0, 0.1) is 0 Å². The largest absolute Gasteiger partial charge is 0.484 e. The Labute approximate surface area is 169 Å². The monoisotopic (exact) mass is 395 g/mol. The molecule has 2 aromatic carbocycles. The number of amides is 1. The minimum atomic E-state index is -0.145. The van der Waals surface area contributed by atoms with Gasteiger partial charge in [0.15, 0.2) is 6.61 Å². The van der Waals surface area contributed by atoms with Gasteiger partial charge in [0, 0.05) is 16.3 Å². The first-order valence-corrected chi connectivity index (χ1v) is 9.83. The fourth-order valence-electron chi connectivity index (χ4n) is 3.60. The van der Waals surface area contributed by atoms with Gasteiger partial charge in [0.1, 0.15) is 5.75 Å². The van der Waals surface area contributed by atoms with Gasteiger partial charge in [0.05, 0.1) is 18.8 Å². The molecule has 0 saturated carbocycles. The molecule has 3 aromatic rings. The van der Waals surface area contributed by atoms with Crippen molar-refractivity contribution in [3.05, 3.63) is 82.6 Å². The second-order valence-electron chi connectivity index (χ2n) is 6.95. The highest BCUT2D eigenvalue weighted by molar-refractivity contribution is 6.30. The van der Waals surface area contributed by atoms with E-state index in [1.165, 1.54) is 11.3 Å². The number of carbonyl (C=O) groups excluding carboxylic acids is 1. The van der Waals surface area contributed by atoms with Crippen LogP contribution in [0.15, 0.2) is 60.8 Å². The van der Waals surface area contributed by atoms with E-state index in [0.717, 1.165) is 31.4 Å². The van der Waals surface area contributed by atoms with Crippen molar-refractivity contribution in [3.63, 3.8) is 0 Å². The lowest BCUT2D eigenvalue weighted by molar-refractivity contribution is -0.123. The fraction of sp³-hybridized carbons (Fsp3) is 0.273. The Morgan fingerprint density at radius 2 is 2.07 bits per heavy atom. The Morgan fingerprint density at radius 1 is 1.21 bits per heavy atom. The molecular weight excluding hydrogens is 374 g/mol. The minimum Gasteiger partial charge on any atom is -0.484 e. The number of aromatic nitrogens is 2. The molecule has 0 spiro atoms. The molecule has 144 valence electrons. The van der Waals surface area contributed by atoms with Crippen molar-refractivity contribution in [2.75, 3.05) is 6.61 Å². The third-order valence-electron chi connectivity index (χ3n) is 4.94. The summed E-state index contributed by atoms with van der Waals surface area (Å²) in [4.78, 5) is 12.4. The Kier molecular flexibility index (Phi) is 5.63. The van der Waals surface area contributed by atoms with Crippen LogP contribution in [0.1, 0.15) is 35.7 Å². The molecule has 1 unspecified atom stereocenters. The molecular formula is C22H22ClN3O2. The molecule has 1 aliphatic rings. The van der Waals surface area contributed by atoms with Gasteiger partial charge in [-0.1, -0.05) is 48.0 Å². The van der Waals surface area contributed by atoms with Gasteiger partial charge in [-0.05, 0) is 43.0 Å². The normalized spacial score (nSPS) is 15.7. The third kappa shape index (κ3) is 4.37. The van der Waals surface area contributed by atoms with E-state index < -0.39 is 0 Å². The summed E-state index contributed by atoms with van der Waals surface area (Å²) in [5.41, 5.74) is 3.53. The summed E-state index contributed by atoms with van der Waals surface area (Å²) >= 11 is 5.94. The highest BCUT2D eigenvalue weighted by Gasteiger charge is 2.25. The standard InChI is InChI=1S/C22H22ClN3O2/c23-17-8-4-9-18(12-17)28-15-22(27)25-20-10-5-11-21-19(20)13-24-26(21)14-16-6-2-1-3-7-16/h1-4,6-9,12-13,20H,5,10-11,14-15H2,(H,25,27). The van der Waals surface area contributed by atoms with E-state index in [1.807, 2.05) is 29.1 Å². The van der Waals surface area contributed by atoms with Gasteiger partial charge in [0.2, 0.25) is 0 Å². The van der Waals surface area contributed by atoms with Crippen LogP contribution in [0.25, 0.3) is 0 Å². The van der Waals surface area contributed by atoms with E-state index in [0.29, 0.717) is 10.8 Å². The number of fused-ring (bicyclic) bond motifs is 1. The molecule has 1 aromatic heterocycles. The highest BCUT2D eigenvalue weighted by atomic mass is 35.5. The Morgan fingerprint density at radius 3 is 2.89 bits per heavy atom. The van der Waals surface area contributed by atoms with Crippen LogP contribution >= 0.6 is 11.6 Å². The van der Waals surface area contributed by atoms with Crippen molar-refractivity contribution in [1.82, 2.24) is 15.1 Å². The molecule has 0 fully saturated rings. The zero-order chi connectivity index (χ0) is 19.3. The predicted octanol–water partition coefficient (Wildman–Crippen LogP) is 4.16. The number of hydrogen-bond donors (Lipinski definition) is 1. The van der Waals surface area contributed by atoms with Crippen LogP contribution in [0.2, 0.25) is 5.02 Å². The van der Waals surface area contributed by atoms with Crippen LogP contribution in [0.5, 0.6) is 5.75 Å². The zero-order valence-corrected chi connectivity index (χ0v) is 16.2. The minimum absolute atomic E-state index is 0.0243. The molecule has 0 aliphatic heterocycles. The second kappa shape index (κ2) is 8.48. The third-order valence-corrected chi connectivity index (χ3v) is 5.17. The predicted molar refractivity (Wildman–Crippen MR) is 109 cm³/mol. The van der Waals surface area contributed by atoms with E-state index in [2.05, 4.69) is 22.5 Å². The average molecular weight is 396 g/mol. The summed E-state index contributed by atoms with van der Waals surface area (Å²) < 4.78 is 7.59. The van der Waals surface area contributed by atoms with Crippen molar-refractivity contribution < 1.29 is 9.53 Å². The van der Waals surface area contributed by atoms with Crippen LogP contribution in [-0.2, 0) is 17.8 Å². The van der Waals surface area contributed by atoms with E-state index in [-0.39, 0.29) is 18.6 Å². The van der Waals surface area contributed by atoms with Gasteiger partial charge in [-0.3, -0.25) is 9.48 Å². The fourth-order valence-corrected chi connectivity index (χ4v) is 3.78. The average Bonchev–Trinajstić information content (AvgIpc) is 3.11. The summed E-state index contributed by atoms with van der Waals surface area (Å²) in [5.74, 6) is 0.441. The quantitative estimate of drug-likeness (QED) is 0.681.